The van der Waals surface area contributed by atoms with Gasteiger partial charge in [-0.05, 0) is 66.5 Å². The van der Waals surface area contributed by atoms with Crippen molar-refractivity contribution in [1.29, 1.82) is 0 Å². The largest absolute Gasteiger partial charge is 0.492 e. The van der Waals surface area contributed by atoms with Crippen molar-refractivity contribution in [3.8, 4) is 17.2 Å². The van der Waals surface area contributed by atoms with E-state index in [9.17, 15) is 0 Å². The Kier molecular flexibility index (Phi) is 7.51. The molecule has 29 heavy (non-hydrogen) atoms. The van der Waals surface area contributed by atoms with Crippen LogP contribution in [0.2, 0.25) is 0 Å². The molecule has 0 saturated heterocycles. The number of pyridine rings is 1. The van der Waals surface area contributed by atoms with Gasteiger partial charge in [-0.2, -0.15) is 0 Å². The number of nitrogens with zero attached hydrogens (tertiary/aromatic N) is 1. The highest BCUT2D eigenvalue weighted by Crippen LogP contribution is 2.43. The second-order valence-electron chi connectivity index (χ2n) is 6.99. The molecule has 0 aliphatic carbocycles. The zero-order valence-corrected chi connectivity index (χ0v) is 17.5. The number of methoxy groups -OCH3 is 3. The lowest BCUT2D eigenvalue weighted by Gasteiger charge is -2.19. The topological polar surface area (TPSA) is 40.6 Å². The molecule has 2 aromatic carbocycles. The molecule has 4 heteroatoms. The number of hydrogen-bond donors (Lipinski definition) is 0. The Morgan fingerprint density at radius 2 is 1.31 bits per heavy atom. The van der Waals surface area contributed by atoms with Crippen molar-refractivity contribution in [3.63, 3.8) is 0 Å². The Bertz CT molecular complexity index is 895. The van der Waals surface area contributed by atoms with Crippen molar-refractivity contribution < 1.29 is 14.2 Å². The van der Waals surface area contributed by atoms with Crippen molar-refractivity contribution in [2.24, 2.45) is 0 Å². The lowest BCUT2D eigenvalue weighted by atomic mass is 9.97. The van der Waals surface area contributed by atoms with Crippen LogP contribution in [0, 0.1) is 0 Å². The number of benzene rings is 2. The Hall–Kier alpha value is -3.01. The quantitative estimate of drug-likeness (QED) is 0.484. The second-order valence-corrected chi connectivity index (χ2v) is 6.99. The van der Waals surface area contributed by atoms with E-state index >= 15 is 0 Å². The summed E-state index contributed by atoms with van der Waals surface area (Å²) in [6, 6.07) is 16.8. The number of ether oxygens (including phenoxy) is 3. The Labute approximate surface area is 173 Å². The summed E-state index contributed by atoms with van der Waals surface area (Å²) < 4.78 is 17.1. The third-order valence-electron chi connectivity index (χ3n) is 5.12. The van der Waals surface area contributed by atoms with E-state index < -0.39 is 0 Å². The maximum atomic E-state index is 5.72. The minimum absolute atomic E-state index is 0.674. The van der Waals surface area contributed by atoms with E-state index in [2.05, 4.69) is 47.4 Å². The Morgan fingerprint density at radius 1 is 0.655 bits per heavy atom. The van der Waals surface area contributed by atoms with Crippen LogP contribution in [0.25, 0.3) is 0 Å². The predicted octanol–water partition coefficient (Wildman–Crippen LogP) is 5.07. The fraction of sp³-hybridized carbons (Fsp3) is 0.320. The molecule has 152 valence electrons. The molecular weight excluding hydrogens is 362 g/mol. The molecule has 0 saturated carbocycles. The standard InChI is InChI=1S/C25H29NO3/c1-27-23-21(13-7-11-19-9-5-4-6-10-19)17-22(24(28-2)25(23)29-3)15-14-20-12-8-16-26-18-20/h4-6,8-10,12,16-18H,7,11,13-15H2,1-3H3. The minimum Gasteiger partial charge on any atom is -0.492 e. The molecule has 0 fully saturated rings. The van der Waals surface area contributed by atoms with Gasteiger partial charge in [0.1, 0.15) is 0 Å². The van der Waals surface area contributed by atoms with Crippen LogP contribution in [0.15, 0.2) is 60.9 Å². The first-order valence-corrected chi connectivity index (χ1v) is 10.00. The number of hydrogen-bond acceptors (Lipinski definition) is 4. The molecule has 1 aromatic heterocycles. The lowest BCUT2D eigenvalue weighted by Crippen LogP contribution is -2.04. The van der Waals surface area contributed by atoms with Crippen molar-refractivity contribution >= 4 is 0 Å². The third kappa shape index (κ3) is 5.29. The van der Waals surface area contributed by atoms with Gasteiger partial charge >= 0.3 is 0 Å². The molecule has 0 radical (unpaired) electrons. The van der Waals surface area contributed by atoms with E-state index in [0.717, 1.165) is 54.7 Å². The summed E-state index contributed by atoms with van der Waals surface area (Å²) in [6.45, 7) is 0. The molecule has 3 aromatic rings. The molecule has 1 heterocycles. The van der Waals surface area contributed by atoms with E-state index in [1.54, 1.807) is 27.5 Å². The fourth-order valence-corrected chi connectivity index (χ4v) is 3.69. The van der Waals surface area contributed by atoms with Crippen LogP contribution in [-0.2, 0) is 25.7 Å². The van der Waals surface area contributed by atoms with Gasteiger partial charge in [0.15, 0.2) is 11.5 Å². The molecular formula is C25H29NO3. The van der Waals surface area contributed by atoms with Crippen LogP contribution >= 0.6 is 0 Å². The van der Waals surface area contributed by atoms with Crippen molar-refractivity contribution in [3.05, 3.63) is 83.2 Å². The van der Waals surface area contributed by atoms with Gasteiger partial charge in [-0.15, -0.1) is 0 Å². The summed E-state index contributed by atoms with van der Waals surface area (Å²) in [4.78, 5) is 4.21. The average molecular weight is 392 g/mol. The van der Waals surface area contributed by atoms with Gasteiger partial charge < -0.3 is 14.2 Å². The summed E-state index contributed by atoms with van der Waals surface area (Å²) in [6.07, 6.45) is 8.43. The average Bonchev–Trinajstić information content (AvgIpc) is 2.78. The van der Waals surface area contributed by atoms with Gasteiger partial charge in [-0.25, -0.2) is 0 Å². The van der Waals surface area contributed by atoms with Crippen molar-refractivity contribution in [2.75, 3.05) is 21.3 Å². The number of aromatic nitrogens is 1. The summed E-state index contributed by atoms with van der Waals surface area (Å²) in [7, 11) is 5.03. The predicted molar refractivity (Wildman–Crippen MR) is 116 cm³/mol. The Balaban J connectivity index is 1.83. The van der Waals surface area contributed by atoms with Crippen LogP contribution < -0.4 is 14.2 Å². The van der Waals surface area contributed by atoms with Crippen LogP contribution in [0.1, 0.15) is 28.7 Å². The molecule has 0 aliphatic rings. The van der Waals surface area contributed by atoms with E-state index in [0.29, 0.717) is 5.75 Å². The maximum Gasteiger partial charge on any atom is 0.203 e. The summed E-state index contributed by atoms with van der Waals surface area (Å²) >= 11 is 0. The summed E-state index contributed by atoms with van der Waals surface area (Å²) in [5, 5.41) is 0. The van der Waals surface area contributed by atoms with Crippen molar-refractivity contribution in [1.82, 2.24) is 4.98 Å². The highest BCUT2D eigenvalue weighted by Gasteiger charge is 2.20. The molecule has 4 nitrogen and oxygen atoms in total. The minimum atomic E-state index is 0.674. The first-order valence-electron chi connectivity index (χ1n) is 10.00. The first kappa shape index (κ1) is 20.7. The van der Waals surface area contributed by atoms with Gasteiger partial charge in [0, 0.05) is 12.4 Å². The third-order valence-corrected chi connectivity index (χ3v) is 5.12. The van der Waals surface area contributed by atoms with E-state index in [-0.39, 0.29) is 0 Å². The molecule has 3 rings (SSSR count). The Morgan fingerprint density at radius 3 is 1.93 bits per heavy atom. The molecule has 0 unspecified atom stereocenters. The molecule has 0 amide bonds. The molecule has 0 bridgehead atoms. The zero-order valence-electron chi connectivity index (χ0n) is 17.5. The first-order chi connectivity index (χ1) is 14.3. The van der Waals surface area contributed by atoms with E-state index in [1.807, 2.05) is 12.3 Å². The normalized spacial score (nSPS) is 10.6. The smallest absolute Gasteiger partial charge is 0.203 e. The fourth-order valence-electron chi connectivity index (χ4n) is 3.69. The van der Waals surface area contributed by atoms with Gasteiger partial charge in [-0.1, -0.05) is 36.4 Å². The highest BCUT2D eigenvalue weighted by atomic mass is 16.5. The highest BCUT2D eigenvalue weighted by molar-refractivity contribution is 5.60. The van der Waals surface area contributed by atoms with Crippen LogP contribution in [-0.4, -0.2) is 26.3 Å². The van der Waals surface area contributed by atoms with Gasteiger partial charge in [0.25, 0.3) is 0 Å². The molecule has 0 aliphatic heterocycles. The summed E-state index contributed by atoms with van der Waals surface area (Å²) in [5.74, 6) is 2.19. The monoisotopic (exact) mass is 391 g/mol. The SMILES string of the molecule is COc1c(CCCc2ccccc2)cc(CCc2cccnc2)c(OC)c1OC. The lowest BCUT2D eigenvalue weighted by molar-refractivity contribution is 0.319. The molecule has 0 N–H and O–H groups in total. The van der Waals surface area contributed by atoms with Crippen LogP contribution in [0.5, 0.6) is 17.2 Å². The number of rotatable bonds is 10. The maximum absolute atomic E-state index is 5.72. The van der Waals surface area contributed by atoms with Crippen LogP contribution in [0.3, 0.4) is 0 Å². The van der Waals surface area contributed by atoms with Crippen LogP contribution in [0.4, 0.5) is 0 Å². The summed E-state index contributed by atoms with van der Waals surface area (Å²) in [5.41, 5.74) is 4.84. The van der Waals surface area contributed by atoms with E-state index in [4.69, 9.17) is 14.2 Å². The molecule has 0 atom stereocenters. The zero-order chi connectivity index (χ0) is 20.5. The van der Waals surface area contributed by atoms with Crippen molar-refractivity contribution in [2.45, 2.75) is 32.1 Å². The molecule has 0 spiro atoms. The second kappa shape index (κ2) is 10.5. The van der Waals surface area contributed by atoms with Gasteiger partial charge in [0.05, 0.1) is 21.3 Å². The number of aryl methyl sites for hydroxylation is 4. The van der Waals surface area contributed by atoms with Gasteiger partial charge in [0.2, 0.25) is 5.75 Å². The van der Waals surface area contributed by atoms with E-state index in [1.165, 1.54) is 11.1 Å². The van der Waals surface area contributed by atoms with Gasteiger partial charge in [-0.3, -0.25) is 4.98 Å².